The standard InChI is InChI=1S/C14H31NO3/c1-12(2)7-6-8-18-10-13(16)9-15-14(3,4)11-17-5/h12-13,15-16H,6-11H2,1-5H3. The van der Waals surface area contributed by atoms with Crippen molar-refractivity contribution in [1.29, 1.82) is 0 Å². The van der Waals surface area contributed by atoms with Gasteiger partial charge in [0.05, 0.1) is 19.3 Å². The van der Waals surface area contributed by atoms with Crippen molar-refractivity contribution in [2.75, 3.05) is 33.5 Å². The second-order valence-electron chi connectivity index (χ2n) is 5.96. The van der Waals surface area contributed by atoms with Gasteiger partial charge in [0.15, 0.2) is 0 Å². The molecule has 0 heterocycles. The molecule has 2 N–H and O–H groups in total. The van der Waals surface area contributed by atoms with E-state index in [0.29, 0.717) is 19.8 Å². The SMILES string of the molecule is COCC(C)(C)NCC(O)COCCCC(C)C. The zero-order chi connectivity index (χ0) is 14.0. The average molecular weight is 261 g/mol. The predicted octanol–water partition coefficient (Wildman–Crippen LogP) is 1.81. The molecule has 0 aromatic carbocycles. The smallest absolute Gasteiger partial charge is 0.0897 e. The molecule has 0 aliphatic heterocycles. The lowest BCUT2D eigenvalue weighted by Gasteiger charge is -2.26. The molecule has 0 spiro atoms. The monoisotopic (exact) mass is 261 g/mol. The summed E-state index contributed by atoms with van der Waals surface area (Å²) >= 11 is 0. The van der Waals surface area contributed by atoms with Crippen LogP contribution in [0.4, 0.5) is 0 Å². The van der Waals surface area contributed by atoms with E-state index in [2.05, 4.69) is 19.2 Å². The van der Waals surface area contributed by atoms with E-state index in [4.69, 9.17) is 9.47 Å². The molecule has 4 nitrogen and oxygen atoms in total. The molecule has 0 aliphatic carbocycles. The molecule has 1 atom stereocenters. The lowest BCUT2D eigenvalue weighted by Crippen LogP contribution is -2.47. The van der Waals surface area contributed by atoms with Gasteiger partial charge in [0.1, 0.15) is 0 Å². The Morgan fingerprint density at radius 2 is 1.94 bits per heavy atom. The van der Waals surface area contributed by atoms with Crippen LogP contribution >= 0.6 is 0 Å². The summed E-state index contributed by atoms with van der Waals surface area (Å²) in [5.74, 6) is 0.718. The van der Waals surface area contributed by atoms with Crippen molar-refractivity contribution in [2.45, 2.75) is 52.2 Å². The van der Waals surface area contributed by atoms with Crippen LogP contribution < -0.4 is 5.32 Å². The maximum Gasteiger partial charge on any atom is 0.0897 e. The second-order valence-corrected chi connectivity index (χ2v) is 5.96. The topological polar surface area (TPSA) is 50.7 Å². The number of methoxy groups -OCH3 is 1. The van der Waals surface area contributed by atoms with E-state index in [-0.39, 0.29) is 5.54 Å². The summed E-state index contributed by atoms with van der Waals surface area (Å²) < 4.78 is 10.5. The molecule has 4 heteroatoms. The van der Waals surface area contributed by atoms with Crippen molar-refractivity contribution in [3.8, 4) is 0 Å². The van der Waals surface area contributed by atoms with Crippen LogP contribution in [0.3, 0.4) is 0 Å². The lowest BCUT2D eigenvalue weighted by molar-refractivity contribution is 0.0275. The van der Waals surface area contributed by atoms with Gasteiger partial charge < -0.3 is 19.9 Å². The Hall–Kier alpha value is -0.160. The molecule has 0 bridgehead atoms. The highest BCUT2D eigenvalue weighted by Crippen LogP contribution is 2.04. The molecule has 0 amide bonds. The molecule has 0 rings (SSSR count). The number of aliphatic hydroxyl groups excluding tert-OH is 1. The fourth-order valence-corrected chi connectivity index (χ4v) is 1.68. The fraction of sp³-hybridized carbons (Fsp3) is 1.00. The normalized spacial score (nSPS) is 14.2. The summed E-state index contributed by atoms with van der Waals surface area (Å²) in [6, 6.07) is 0. The van der Waals surface area contributed by atoms with Crippen molar-refractivity contribution >= 4 is 0 Å². The van der Waals surface area contributed by atoms with Gasteiger partial charge in [0.25, 0.3) is 0 Å². The third-order valence-corrected chi connectivity index (χ3v) is 2.70. The van der Waals surface area contributed by atoms with Crippen LogP contribution in [-0.4, -0.2) is 50.2 Å². The van der Waals surface area contributed by atoms with Gasteiger partial charge in [0.2, 0.25) is 0 Å². The van der Waals surface area contributed by atoms with Gasteiger partial charge in [-0.05, 0) is 32.6 Å². The molecule has 0 fully saturated rings. The highest BCUT2D eigenvalue weighted by molar-refractivity contribution is 4.78. The number of ether oxygens (including phenoxy) is 2. The Bertz CT molecular complexity index is 195. The van der Waals surface area contributed by atoms with Crippen LogP contribution in [0.25, 0.3) is 0 Å². The number of β-amino-alcohol motifs (C(OH)–C–C–N with tert-alkyl or cyclic N) is 1. The Morgan fingerprint density at radius 3 is 2.50 bits per heavy atom. The third-order valence-electron chi connectivity index (χ3n) is 2.70. The summed E-state index contributed by atoms with van der Waals surface area (Å²) in [6.45, 7) is 10.8. The van der Waals surface area contributed by atoms with Gasteiger partial charge in [0, 0.05) is 25.8 Å². The van der Waals surface area contributed by atoms with Crippen molar-refractivity contribution in [1.82, 2.24) is 5.32 Å². The minimum Gasteiger partial charge on any atom is -0.389 e. The number of aliphatic hydroxyl groups is 1. The van der Waals surface area contributed by atoms with Gasteiger partial charge in [-0.15, -0.1) is 0 Å². The molecule has 0 aliphatic rings. The van der Waals surface area contributed by atoms with Crippen LogP contribution in [-0.2, 0) is 9.47 Å². The van der Waals surface area contributed by atoms with E-state index < -0.39 is 6.10 Å². The lowest BCUT2D eigenvalue weighted by atomic mass is 10.1. The number of hydrogen-bond donors (Lipinski definition) is 2. The zero-order valence-corrected chi connectivity index (χ0v) is 12.7. The first-order valence-electron chi connectivity index (χ1n) is 6.87. The Balaban J connectivity index is 3.50. The fourth-order valence-electron chi connectivity index (χ4n) is 1.68. The number of hydrogen-bond acceptors (Lipinski definition) is 4. The van der Waals surface area contributed by atoms with Crippen LogP contribution in [0, 0.1) is 5.92 Å². The van der Waals surface area contributed by atoms with E-state index in [1.165, 1.54) is 6.42 Å². The summed E-state index contributed by atoms with van der Waals surface area (Å²) in [5.41, 5.74) is -0.118. The van der Waals surface area contributed by atoms with E-state index in [1.807, 2.05) is 13.8 Å². The maximum absolute atomic E-state index is 9.76. The highest BCUT2D eigenvalue weighted by Gasteiger charge is 2.18. The first-order valence-corrected chi connectivity index (χ1v) is 6.87. The van der Waals surface area contributed by atoms with Crippen molar-refractivity contribution in [2.24, 2.45) is 5.92 Å². The van der Waals surface area contributed by atoms with E-state index >= 15 is 0 Å². The van der Waals surface area contributed by atoms with Gasteiger partial charge >= 0.3 is 0 Å². The van der Waals surface area contributed by atoms with Gasteiger partial charge in [-0.25, -0.2) is 0 Å². The van der Waals surface area contributed by atoms with Crippen LogP contribution in [0.5, 0.6) is 0 Å². The van der Waals surface area contributed by atoms with Crippen LogP contribution in [0.1, 0.15) is 40.5 Å². The minimum absolute atomic E-state index is 0.118. The van der Waals surface area contributed by atoms with Gasteiger partial charge in [-0.1, -0.05) is 13.8 Å². The summed E-state index contributed by atoms with van der Waals surface area (Å²) in [4.78, 5) is 0. The number of rotatable bonds is 11. The summed E-state index contributed by atoms with van der Waals surface area (Å²) in [6.07, 6.45) is 1.78. The Kier molecular flexibility index (Phi) is 9.64. The molecule has 0 saturated heterocycles. The van der Waals surface area contributed by atoms with Crippen LogP contribution in [0.15, 0.2) is 0 Å². The van der Waals surface area contributed by atoms with E-state index in [1.54, 1.807) is 7.11 Å². The molecular formula is C14H31NO3. The molecule has 0 aromatic heterocycles. The molecule has 0 saturated carbocycles. The predicted molar refractivity (Wildman–Crippen MR) is 74.9 cm³/mol. The average Bonchev–Trinajstić information content (AvgIpc) is 2.25. The molecule has 0 aromatic rings. The second kappa shape index (κ2) is 9.73. The van der Waals surface area contributed by atoms with Crippen molar-refractivity contribution < 1.29 is 14.6 Å². The van der Waals surface area contributed by atoms with Crippen molar-refractivity contribution in [3.63, 3.8) is 0 Å². The quantitative estimate of drug-likeness (QED) is 0.557. The third kappa shape index (κ3) is 11.0. The molecule has 1 unspecified atom stereocenters. The molecular weight excluding hydrogens is 230 g/mol. The maximum atomic E-state index is 9.76. The van der Waals surface area contributed by atoms with Crippen molar-refractivity contribution in [3.05, 3.63) is 0 Å². The molecule has 0 radical (unpaired) electrons. The zero-order valence-electron chi connectivity index (χ0n) is 12.7. The Labute approximate surface area is 112 Å². The van der Waals surface area contributed by atoms with Crippen LogP contribution in [0.2, 0.25) is 0 Å². The Morgan fingerprint density at radius 1 is 1.28 bits per heavy atom. The first-order chi connectivity index (χ1) is 8.37. The van der Waals surface area contributed by atoms with E-state index in [9.17, 15) is 5.11 Å². The summed E-state index contributed by atoms with van der Waals surface area (Å²) in [7, 11) is 1.68. The van der Waals surface area contributed by atoms with E-state index in [0.717, 1.165) is 18.9 Å². The number of nitrogens with one attached hydrogen (secondary N) is 1. The minimum atomic E-state index is -0.458. The first kappa shape index (κ1) is 17.8. The summed E-state index contributed by atoms with van der Waals surface area (Å²) in [5, 5.41) is 13.0. The largest absolute Gasteiger partial charge is 0.389 e. The molecule has 110 valence electrons. The van der Waals surface area contributed by atoms with Gasteiger partial charge in [-0.3, -0.25) is 0 Å². The highest BCUT2D eigenvalue weighted by atomic mass is 16.5. The molecule has 18 heavy (non-hydrogen) atoms. The van der Waals surface area contributed by atoms with Gasteiger partial charge in [-0.2, -0.15) is 0 Å².